The summed E-state index contributed by atoms with van der Waals surface area (Å²) >= 11 is 0. The summed E-state index contributed by atoms with van der Waals surface area (Å²) in [6.45, 7) is 0. The van der Waals surface area contributed by atoms with Gasteiger partial charge in [-0.15, -0.1) is 0 Å². The summed E-state index contributed by atoms with van der Waals surface area (Å²) in [5, 5.41) is 8.81. The third kappa shape index (κ3) is 3.76. The molecule has 0 amide bonds. The second kappa shape index (κ2) is 6.48. The molecule has 0 aliphatic rings. The Balaban J connectivity index is 2.32. The first kappa shape index (κ1) is 15.8. The Morgan fingerprint density at radius 1 is 1.09 bits per heavy atom. The van der Waals surface area contributed by atoms with Gasteiger partial charge in [0, 0.05) is 12.5 Å². The van der Waals surface area contributed by atoms with Crippen LogP contribution in [0.3, 0.4) is 0 Å². The van der Waals surface area contributed by atoms with E-state index in [0.717, 1.165) is 24.3 Å². The Morgan fingerprint density at radius 2 is 1.68 bits per heavy atom. The maximum absolute atomic E-state index is 13.6. The molecule has 116 valence electrons. The summed E-state index contributed by atoms with van der Waals surface area (Å²) in [5.74, 6) is -3.79. The van der Waals surface area contributed by atoms with Crippen LogP contribution in [0.1, 0.15) is 5.56 Å². The number of aliphatic carboxylic acids is 1. The number of benzene rings is 2. The lowest BCUT2D eigenvalue weighted by molar-refractivity contribution is -0.138. The quantitative estimate of drug-likeness (QED) is 0.890. The lowest BCUT2D eigenvalue weighted by Crippen LogP contribution is -2.32. The zero-order valence-corrected chi connectivity index (χ0v) is 11.2. The van der Waals surface area contributed by atoms with Crippen LogP contribution in [0, 0.1) is 17.5 Å². The van der Waals surface area contributed by atoms with E-state index in [1.807, 2.05) is 0 Å². The smallest absolute Gasteiger partial charge is 0.320 e. The van der Waals surface area contributed by atoms with Gasteiger partial charge >= 0.3 is 5.97 Å². The lowest BCUT2D eigenvalue weighted by atomic mass is 10.1. The van der Waals surface area contributed by atoms with E-state index in [1.165, 1.54) is 6.07 Å². The van der Waals surface area contributed by atoms with Gasteiger partial charge in [-0.1, -0.05) is 0 Å². The Morgan fingerprint density at radius 3 is 2.27 bits per heavy atom. The molecule has 0 aliphatic heterocycles. The molecule has 1 unspecified atom stereocenters. The fourth-order valence-electron chi connectivity index (χ4n) is 1.81. The molecular weight excluding hydrogens is 299 g/mol. The van der Waals surface area contributed by atoms with Crippen molar-refractivity contribution in [3.63, 3.8) is 0 Å². The van der Waals surface area contributed by atoms with E-state index in [-0.39, 0.29) is 23.5 Å². The van der Waals surface area contributed by atoms with E-state index in [9.17, 15) is 18.0 Å². The molecule has 3 N–H and O–H groups in total. The maximum Gasteiger partial charge on any atom is 0.320 e. The Hall–Kier alpha value is -2.54. The van der Waals surface area contributed by atoms with Crippen LogP contribution in [0.2, 0.25) is 0 Å². The number of hydrogen-bond donors (Lipinski definition) is 2. The number of carboxylic acid groups (broad SMARTS) is 1. The van der Waals surface area contributed by atoms with Crippen LogP contribution >= 0.6 is 0 Å². The van der Waals surface area contributed by atoms with E-state index >= 15 is 0 Å². The first-order valence-electron chi connectivity index (χ1n) is 6.26. The molecule has 2 rings (SSSR count). The van der Waals surface area contributed by atoms with E-state index < -0.39 is 29.5 Å². The van der Waals surface area contributed by atoms with Crippen molar-refractivity contribution in [2.24, 2.45) is 5.73 Å². The number of nitrogens with two attached hydrogens (primary N) is 1. The van der Waals surface area contributed by atoms with Crippen molar-refractivity contribution in [2.75, 3.05) is 0 Å². The average molecular weight is 311 g/mol. The zero-order chi connectivity index (χ0) is 16.3. The molecular formula is C15H12F3NO3. The van der Waals surface area contributed by atoms with Gasteiger partial charge in [-0.25, -0.2) is 13.2 Å². The Labute approximate surface area is 123 Å². The SMILES string of the molecule is NC(Cc1cc(F)ccc1Oc1ccc(F)cc1F)C(=O)O. The fraction of sp³-hybridized carbons (Fsp3) is 0.133. The molecule has 2 aromatic rings. The monoisotopic (exact) mass is 311 g/mol. The molecule has 0 heterocycles. The van der Waals surface area contributed by atoms with Crippen molar-refractivity contribution in [1.82, 2.24) is 0 Å². The minimum Gasteiger partial charge on any atom is -0.480 e. The van der Waals surface area contributed by atoms with Crippen molar-refractivity contribution in [3.05, 3.63) is 59.4 Å². The first-order chi connectivity index (χ1) is 10.4. The third-order valence-corrected chi connectivity index (χ3v) is 2.89. The van der Waals surface area contributed by atoms with Crippen LogP contribution in [0.15, 0.2) is 36.4 Å². The highest BCUT2D eigenvalue weighted by molar-refractivity contribution is 5.73. The summed E-state index contributed by atoms with van der Waals surface area (Å²) in [6, 6.07) is 4.82. The molecule has 1 atom stereocenters. The van der Waals surface area contributed by atoms with E-state index in [1.54, 1.807) is 0 Å². The summed E-state index contributed by atoms with van der Waals surface area (Å²) in [5.41, 5.74) is 5.57. The van der Waals surface area contributed by atoms with Gasteiger partial charge < -0.3 is 15.6 Å². The number of carboxylic acids is 1. The highest BCUT2D eigenvalue weighted by Crippen LogP contribution is 2.29. The predicted molar refractivity (Wildman–Crippen MR) is 72.1 cm³/mol. The summed E-state index contributed by atoms with van der Waals surface area (Å²) in [6.07, 6.45) is -0.203. The van der Waals surface area contributed by atoms with E-state index in [0.29, 0.717) is 6.07 Å². The standard InChI is InChI=1S/C15H12F3NO3/c16-9-1-3-13(8(5-9)6-12(19)15(20)21)22-14-4-2-10(17)7-11(14)18/h1-5,7,12H,6,19H2,(H,20,21). The molecule has 2 aromatic carbocycles. The minimum atomic E-state index is -1.26. The first-order valence-corrected chi connectivity index (χ1v) is 6.26. The summed E-state index contributed by atoms with van der Waals surface area (Å²) in [7, 11) is 0. The van der Waals surface area contributed by atoms with Crippen LogP contribution in [0.4, 0.5) is 13.2 Å². The van der Waals surface area contributed by atoms with Crippen LogP contribution in [-0.4, -0.2) is 17.1 Å². The topological polar surface area (TPSA) is 72.5 Å². The molecule has 22 heavy (non-hydrogen) atoms. The number of hydrogen-bond acceptors (Lipinski definition) is 3. The van der Waals surface area contributed by atoms with Gasteiger partial charge in [0.25, 0.3) is 0 Å². The largest absolute Gasteiger partial charge is 0.480 e. The lowest BCUT2D eigenvalue weighted by Gasteiger charge is -2.13. The molecule has 0 saturated carbocycles. The molecule has 0 spiro atoms. The van der Waals surface area contributed by atoms with Gasteiger partial charge in [-0.2, -0.15) is 0 Å². The molecule has 0 aliphatic carbocycles. The van der Waals surface area contributed by atoms with Crippen LogP contribution in [0.25, 0.3) is 0 Å². The highest BCUT2D eigenvalue weighted by atomic mass is 19.1. The van der Waals surface area contributed by atoms with Crippen molar-refractivity contribution in [2.45, 2.75) is 12.5 Å². The van der Waals surface area contributed by atoms with Crippen molar-refractivity contribution >= 4 is 5.97 Å². The Bertz CT molecular complexity index is 706. The van der Waals surface area contributed by atoms with Gasteiger partial charge in [-0.05, 0) is 35.9 Å². The molecule has 0 radical (unpaired) electrons. The van der Waals surface area contributed by atoms with Gasteiger partial charge in [-0.3, -0.25) is 4.79 Å². The highest BCUT2D eigenvalue weighted by Gasteiger charge is 2.17. The third-order valence-electron chi connectivity index (χ3n) is 2.89. The van der Waals surface area contributed by atoms with Crippen LogP contribution in [-0.2, 0) is 11.2 Å². The van der Waals surface area contributed by atoms with Gasteiger partial charge in [0.2, 0.25) is 0 Å². The average Bonchev–Trinajstić information content (AvgIpc) is 2.44. The predicted octanol–water partition coefficient (Wildman–Crippen LogP) is 2.85. The minimum absolute atomic E-state index is 0.0450. The summed E-state index contributed by atoms with van der Waals surface area (Å²) < 4.78 is 45.0. The van der Waals surface area contributed by atoms with Crippen molar-refractivity contribution in [1.29, 1.82) is 0 Å². The van der Waals surface area contributed by atoms with E-state index in [4.69, 9.17) is 15.6 Å². The van der Waals surface area contributed by atoms with Gasteiger partial charge in [0.1, 0.15) is 23.4 Å². The molecule has 0 fully saturated rings. The molecule has 4 nitrogen and oxygen atoms in total. The van der Waals surface area contributed by atoms with Crippen molar-refractivity contribution < 1.29 is 27.8 Å². The second-order valence-electron chi connectivity index (χ2n) is 4.58. The van der Waals surface area contributed by atoms with Crippen LogP contribution < -0.4 is 10.5 Å². The number of ether oxygens (including phenoxy) is 1. The zero-order valence-electron chi connectivity index (χ0n) is 11.2. The molecule has 7 heteroatoms. The fourth-order valence-corrected chi connectivity index (χ4v) is 1.81. The number of rotatable bonds is 5. The molecule has 0 saturated heterocycles. The van der Waals surface area contributed by atoms with Gasteiger partial charge in [0.15, 0.2) is 11.6 Å². The normalized spacial score (nSPS) is 12.0. The maximum atomic E-state index is 13.6. The summed E-state index contributed by atoms with van der Waals surface area (Å²) in [4.78, 5) is 10.8. The van der Waals surface area contributed by atoms with Crippen LogP contribution in [0.5, 0.6) is 11.5 Å². The number of halogens is 3. The Kier molecular flexibility index (Phi) is 4.67. The number of carbonyl (C=O) groups is 1. The van der Waals surface area contributed by atoms with Crippen molar-refractivity contribution in [3.8, 4) is 11.5 Å². The van der Waals surface area contributed by atoms with Gasteiger partial charge in [0.05, 0.1) is 0 Å². The second-order valence-corrected chi connectivity index (χ2v) is 4.58. The molecule has 0 bridgehead atoms. The van der Waals surface area contributed by atoms with E-state index in [2.05, 4.69) is 0 Å². The molecule has 0 aromatic heterocycles.